The Morgan fingerprint density at radius 1 is 1.00 bits per heavy atom. The topological polar surface area (TPSA) is 6.48 Å². The number of anilines is 1. The molecule has 0 atom stereocenters. The van der Waals surface area contributed by atoms with Gasteiger partial charge in [0.2, 0.25) is 0 Å². The van der Waals surface area contributed by atoms with E-state index in [9.17, 15) is 0 Å². The SMILES string of the molecule is Cc1ccc(N(C)CCCN(C)C2=CCC(C)(C)C=C2)cc1. The third-order valence-corrected chi connectivity index (χ3v) is 4.45. The van der Waals surface area contributed by atoms with Crippen LogP contribution in [-0.4, -0.2) is 32.1 Å². The highest BCUT2D eigenvalue weighted by atomic mass is 15.1. The second-order valence-corrected chi connectivity index (χ2v) is 7.19. The van der Waals surface area contributed by atoms with Gasteiger partial charge in [-0.1, -0.05) is 43.7 Å². The van der Waals surface area contributed by atoms with Gasteiger partial charge in [0.15, 0.2) is 0 Å². The van der Waals surface area contributed by atoms with Crippen LogP contribution in [0.25, 0.3) is 0 Å². The highest BCUT2D eigenvalue weighted by Gasteiger charge is 2.17. The van der Waals surface area contributed by atoms with Gasteiger partial charge in [-0.25, -0.2) is 0 Å². The van der Waals surface area contributed by atoms with Crippen molar-refractivity contribution >= 4 is 5.69 Å². The van der Waals surface area contributed by atoms with Gasteiger partial charge in [-0.15, -0.1) is 0 Å². The lowest BCUT2D eigenvalue weighted by atomic mass is 9.85. The highest BCUT2D eigenvalue weighted by molar-refractivity contribution is 5.46. The zero-order valence-electron chi connectivity index (χ0n) is 14.8. The summed E-state index contributed by atoms with van der Waals surface area (Å²) in [4.78, 5) is 4.70. The van der Waals surface area contributed by atoms with Gasteiger partial charge < -0.3 is 9.80 Å². The van der Waals surface area contributed by atoms with E-state index in [0.29, 0.717) is 5.41 Å². The molecule has 1 aromatic rings. The number of rotatable bonds is 6. The number of nitrogens with zero attached hydrogens (tertiary/aromatic N) is 2. The summed E-state index contributed by atoms with van der Waals surface area (Å²) in [6.45, 7) is 8.87. The number of hydrogen-bond acceptors (Lipinski definition) is 2. The Hall–Kier alpha value is -1.70. The van der Waals surface area contributed by atoms with E-state index in [2.05, 4.69) is 87.2 Å². The van der Waals surface area contributed by atoms with E-state index >= 15 is 0 Å². The van der Waals surface area contributed by atoms with Crippen molar-refractivity contribution in [3.63, 3.8) is 0 Å². The Balaban J connectivity index is 1.78. The second kappa shape index (κ2) is 7.04. The quantitative estimate of drug-likeness (QED) is 0.756. The first-order valence-corrected chi connectivity index (χ1v) is 8.26. The van der Waals surface area contributed by atoms with E-state index < -0.39 is 0 Å². The highest BCUT2D eigenvalue weighted by Crippen LogP contribution is 2.29. The van der Waals surface area contributed by atoms with Gasteiger partial charge in [-0.05, 0) is 43.4 Å². The van der Waals surface area contributed by atoms with Gasteiger partial charge in [0, 0.05) is 38.6 Å². The molecule has 22 heavy (non-hydrogen) atoms. The first kappa shape index (κ1) is 16.7. The number of likely N-dealkylation sites (N-methyl/N-ethyl adjacent to an activating group) is 1. The number of hydrogen-bond donors (Lipinski definition) is 0. The van der Waals surface area contributed by atoms with Gasteiger partial charge in [0.25, 0.3) is 0 Å². The van der Waals surface area contributed by atoms with Crippen molar-refractivity contribution in [2.45, 2.75) is 33.6 Å². The molecule has 0 saturated heterocycles. The van der Waals surface area contributed by atoms with Gasteiger partial charge in [0.05, 0.1) is 0 Å². The molecule has 0 N–H and O–H groups in total. The second-order valence-electron chi connectivity index (χ2n) is 7.19. The Bertz CT molecular complexity index is 537. The Kier molecular flexibility index (Phi) is 5.33. The molecule has 0 fully saturated rings. The average Bonchev–Trinajstić information content (AvgIpc) is 2.47. The molecule has 2 heteroatoms. The molecule has 0 unspecified atom stereocenters. The lowest BCUT2D eigenvalue weighted by molar-refractivity contribution is 0.402. The Morgan fingerprint density at radius 3 is 2.23 bits per heavy atom. The first-order valence-electron chi connectivity index (χ1n) is 8.26. The standard InChI is InChI=1S/C20H30N2/c1-17-7-9-18(10-8-17)21(4)15-6-16-22(5)19-11-13-20(2,3)14-12-19/h7-13H,6,14-16H2,1-5H3. The summed E-state index contributed by atoms with van der Waals surface area (Å²) in [5.41, 5.74) is 4.29. The van der Waals surface area contributed by atoms with Crippen LogP contribution in [0.4, 0.5) is 5.69 Å². The van der Waals surface area contributed by atoms with Gasteiger partial charge in [-0.3, -0.25) is 0 Å². The van der Waals surface area contributed by atoms with Crippen LogP contribution in [0.5, 0.6) is 0 Å². The predicted molar refractivity (Wildman–Crippen MR) is 97.3 cm³/mol. The zero-order valence-corrected chi connectivity index (χ0v) is 14.8. The fraction of sp³-hybridized carbons (Fsp3) is 0.500. The molecule has 0 spiro atoms. The third-order valence-electron chi connectivity index (χ3n) is 4.45. The van der Waals surface area contributed by atoms with Crippen molar-refractivity contribution in [3.8, 4) is 0 Å². The van der Waals surface area contributed by atoms with Crippen LogP contribution in [0.15, 0.2) is 48.2 Å². The minimum atomic E-state index is 0.315. The van der Waals surface area contributed by atoms with Gasteiger partial charge in [-0.2, -0.15) is 0 Å². The maximum absolute atomic E-state index is 2.37. The minimum Gasteiger partial charge on any atom is -0.375 e. The lowest BCUT2D eigenvalue weighted by Crippen LogP contribution is -2.26. The van der Waals surface area contributed by atoms with Crippen molar-refractivity contribution < 1.29 is 0 Å². The van der Waals surface area contributed by atoms with Gasteiger partial charge in [0.1, 0.15) is 0 Å². The summed E-state index contributed by atoms with van der Waals surface area (Å²) < 4.78 is 0. The molecular weight excluding hydrogens is 268 g/mol. The average molecular weight is 298 g/mol. The van der Waals surface area contributed by atoms with Crippen molar-refractivity contribution in [3.05, 3.63) is 53.8 Å². The zero-order chi connectivity index (χ0) is 16.2. The molecule has 0 saturated carbocycles. The molecule has 0 aromatic heterocycles. The van der Waals surface area contributed by atoms with Crippen LogP contribution in [0, 0.1) is 12.3 Å². The molecule has 2 nitrogen and oxygen atoms in total. The molecule has 1 aliphatic carbocycles. The molecule has 2 rings (SSSR count). The van der Waals surface area contributed by atoms with Crippen molar-refractivity contribution in [2.75, 3.05) is 32.1 Å². The normalized spacial score (nSPS) is 16.3. The lowest BCUT2D eigenvalue weighted by Gasteiger charge is -2.28. The van der Waals surface area contributed by atoms with E-state index in [1.165, 1.54) is 16.9 Å². The van der Waals surface area contributed by atoms with Crippen LogP contribution < -0.4 is 4.90 Å². The number of benzene rings is 1. The van der Waals surface area contributed by atoms with E-state index in [4.69, 9.17) is 0 Å². The molecular formula is C20H30N2. The summed E-state index contributed by atoms with van der Waals surface area (Å²) >= 11 is 0. The van der Waals surface area contributed by atoms with E-state index in [1.807, 2.05) is 0 Å². The van der Waals surface area contributed by atoms with Crippen LogP contribution in [0.2, 0.25) is 0 Å². The predicted octanol–water partition coefficient (Wildman–Crippen LogP) is 4.62. The first-order chi connectivity index (χ1) is 10.4. The molecule has 0 amide bonds. The van der Waals surface area contributed by atoms with Crippen LogP contribution in [0.3, 0.4) is 0 Å². The Morgan fingerprint density at radius 2 is 1.64 bits per heavy atom. The van der Waals surface area contributed by atoms with Crippen molar-refractivity contribution in [2.24, 2.45) is 5.41 Å². The number of aryl methyl sites for hydroxylation is 1. The molecule has 120 valence electrons. The largest absolute Gasteiger partial charge is 0.375 e. The van der Waals surface area contributed by atoms with E-state index in [-0.39, 0.29) is 0 Å². The summed E-state index contributed by atoms with van der Waals surface area (Å²) in [5, 5.41) is 0. The van der Waals surface area contributed by atoms with Crippen LogP contribution in [-0.2, 0) is 0 Å². The van der Waals surface area contributed by atoms with E-state index in [0.717, 1.165) is 25.9 Å². The third kappa shape index (κ3) is 4.66. The maximum atomic E-state index is 2.37. The van der Waals surface area contributed by atoms with Crippen LogP contribution >= 0.6 is 0 Å². The Labute approximate surface area is 136 Å². The molecule has 0 heterocycles. The molecule has 1 aromatic carbocycles. The number of allylic oxidation sites excluding steroid dienone is 3. The summed E-state index contributed by atoms with van der Waals surface area (Å²) in [5.74, 6) is 0. The summed E-state index contributed by atoms with van der Waals surface area (Å²) in [6, 6.07) is 8.76. The maximum Gasteiger partial charge on any atom is 0.0363 e. The van der Waals surface area contributed by atoms with E-state index in [1.54, 1.807) is 0 Å². The van der Waals surface area contributed by atoms with Gasteiger partial charge >= 0.3 is 0 Å². The molecule has 0 aliphatic heterocycles. The fourth-order valence-electron chi connectivity index (χ4n) is 2.70. The molecule has 0 bridgehead atoms. The minimum absolute atomic E-state index is 0.315. The monoisotopic (exact) mass is 298 g/mol. The van der Waals surface area contributed by atoms with Crippen molar-refractivity contribution in [1.82, 2.24) is 4.90 Å². The van der Waals surface area contributed by atoms with Crippen molar-refractivity contribution in [1.29, 1.82) is 0 Å². The summed E-state index contributed by atoms with van der Waals surface area (Å²) in [7, 11) is 4.37. The molecule has 0 radical (unpaired) electrons. The summed E-state index contributed by atoms with van der Waals surface area (Å²) in [6.07, 6.45) is 9.26. The van der Waals surface area contributed by atoms with Crippen LogP contribution in [0.1, 0.15) is 32.3 Å². The fourth-order valence-corrected chi connectivity index (χ4v) is 2.70. The molecule has 1 aliphatic rings. The smallest absolute Gasteiger partial charge is 0.0363 e.